The molecule has 2 nitrogen and oxygen atoms in total. The fraction of sp³-hybridized carbons (Fsp3) is 0.100. The second-order valence-corrected chi connectivity index (χ2v) is 6.25. The second kappa shape index (κ2) is 5.90. The number of allylic oxidation sites excluding steroid dienone is 1. The molecule has 0 saturated carbocycles. The molecule has 16 heavy (non-hydrogen) atoms. The third kappa shape index (κ3) is 4.73. The van der Waals surface area contributed by atoms with Gasteiger partial charge in [-0.1, -0.05) is 53.0 Å². The highest BCUT2D eigenvalue weighted by molar-refractivity contribution is 7.49. The maximum Gasteiger partial charge on any atom is 0.441 e. The number of hydrogen-bond acceptors (Lipinski definition) is 2. The Morgan fingerprint density at radius 1 is 1.31 bits per heavy atom. The quantitative estimate of drug-likeness (QED) is 0.485. The van der Waals surface area contributed by atoms with Crippen LogP contribution in [0.25, 0.3) is 5.31 Å². The smallest absolute Gasteiger partial charge is 0.441 e. The van der Waals surface area contributed by atoms with Crippen LogP contribution < -0.4 is 4.89 Å². The molecule has 0 saturated heterocycles. The summed E-state index contributed by atoms with van der Waals surface area (Å²) >= 11 is 16.5. The predicted octanol–water partition coefficient (Wildman–Crippen LogP) is 3.70. The lowest BCUT2D eigenvalue weighted by Gasteiger charge is -1.99. The van der Waals surface area contributed by atoms with Crippen LogP contribution in [0.3, 0.4) is 0 Å². The van der Waals surface area contributed by atoms with Crippen molar-refractivity contribution in [2.45, 2.75) is 3.79 Å². The Labute approximate surface area is 110 Å². The van der Waals surface area contributed by atoms with Gasteiger partial charge in [0.15, 0.2) is 6.08 Å². The van der Waals surface area contributed by atoms with Crippen LogP contribution in [0.5, 0.6) is 0 Å². The largest absolute Gasteiger partial charge is 0.574 e. The molecule has 0 N–H and O–H groups in total. The van der Waals surface area contributed by atoms with Crippen LogP contribution in [0.1, 0.15) is 5.56 Å². The Kier molecular flexibility index (Phi) is 5.10. The predicted molar refractivity (Wildman–Crippen MR) is 66.6 cm³/mol. The van der Waals surface area contributed by atoms with Crippen molar-refractivity contribution in [3.63, 3.8) is 0 Å². The van der Waals surface area contributed by atoms with E-state index in [2.05, 4.69) is 0 Å². The van der Waals surface area contributed by atoms with Gasteiger partial charge in [-0.15, -0.1) is 0 Å². The van der Waals surface area contributed by atoms with Crippen LogP contribution in [-0.2, 0) is 4.57 Å². The lowest BCUT2D eigenvalue weighted by Crippen LogP contribution is -2.01. The molecule has 0 amide bonds. The molecule has 0 spiro atoms. The molecule has 0 radical (unpaired) electrons. The molecule has 1 aromatic rings. The number of alkyl halides is 3. The van der Waals surface area contributed by atoms with E-state index in [9.17, 15) is 9.46 Å². The second-order valence-electron chi connectivity index (χ2n) is 2.88. The van der Waals surface area contributed by atoms with Crippen molar-refractivity contribution in [3.8, 4) is 0 Å². The van der Waals surface area contributed by atoms with Gasteiger partial charge in [-0.25, -0.2) is 0 Å². The molecule has 6 heteroatoms. The fourth-order valence-corrected chi connectivity index (χ4v) is 1.79. The molecule has 0 aliphatic carbocycles. The summed E-state index contributed by atoms with van der Waals surface area (Å²) in [6, 6.07) is 8.60. The summed E-state index contributed by atoms with van der Waals surface area (Å²) < 4.78 is 9.43. The molecule has 0 heterocycles. The van der Waals surface area contributed by atoms with Crippen molar-refractivity contribution in [1.82, 2.24) is 0 Å². The van der Waals surface area contributed by atoms with E-state index in [1.165, 1.54) is 12.5 Å². The average Bonchev–Trinajstić information content (AvgIpc) is 2.17. The van der Waals surface area contributed by atoms with Crippen LogP contribution in [-0.4, -0.2) is 3.79 Å². The average molecular weight is 296 g/mol. The zero-order valence-electron chi connectivity index (χ0n) is 7.94. The summed E-state index contributed by atoms with van der Waals surface area (Å²) in [5.41, 5.74) is 0.559. The number of halogens is 3. The Morgan fingerprint density at radius 2 is 1.88 bits per heavy atom. The van der Waals surface area contributed by atoms with Crippen molar-refractivity contribution in [1.29, 1.82) is 0 Å². The van der Waals surface area contributed by atoms with E-state index in [4.69, 9.17) is 34.8 Å². The van der Waals surface area contributed by atoms with Gasteiger partial charge in [0.1, 0.15) is 5.56 Å². The van der Waals surface area contributed by atoms with E-state index in [1.54, 1.807) is 30.3 Å². The van der Waals surface area contributed by atoms with Gasteiger partial charge in [0.25, 0.3) is 3.79 Å². The van der Waals surface area contributed by atoms with Crippen LogP contribution in [0.2, 0.25) is 0 Å². The van der Waals surface area contributed by atoms with Gasteiger partial charge in [0.05, 0.1) is 6.42 Å². The van der Waals surface area contributed by atoms with Crippen LogP contribution >= 0.6 is 42.8 Å². The highest BCUT2D eigenvalue weighted by atomic mass is 35.6. The lowest BCUT2D eigenvalue weighted by atomic mass is 10.2. The topological polar surface area (TPSA) is 40.1 Å². The van der Waals surface area contributed by atoms with Crippen molar-refractivity contribution in [2.75, 3.05) is 0 Å². The minimum Gasteiger partial charge on any atom is -0.574 e. The van der Waals surface area contributed by atoms with Crippen molar-refractivity contribution < 1.29 is 9.46 Å². The highest BCUT2D eigenvalue weighted by Gasteiger charge is 2.30. The van der Waals surface area contributed by atoms with Gasteiger partial charge in [0.2, 0.25) is 0 Å². The van der Waals surface area contributed by atoms with E-state index in [0.29, 0.717) is 5.56 Å². The summed E-state index contributed by atoms with van der Waals surface area (Å²) in [4.78, 5) is 11.0. The SMILES string of the molecule is O=[P+]([O-])C(=C[CH+]C(Cl)(Cl)Cl)c1ccccc1. The van der Waals surface area contributed by atoms with Crippen LogP contribution in [0.4, 0.5) is 0 Å². The summed E-state index contributed by atoms with van der Waals surface area (Å²) in [6.07, 6.45) is 2.49. The number of hydrogen-bond donors (Lipinski definition) is 0. The van der Waals surface area contributed by atoms with Gasteiger partial charge < -0.3 is 4.89 Å². The van der Waals surface area contributed by atoms with E-state index in [1.807, 2.05) is 0 Å². The minimum absolute atomic E-state index is 0.113. The summed E-state index contributed by atoms with van der Waals surface area (Å²) in [5.74, 6) is 0. The zero-order chi connectivity index (χ0) is 12.2. The monoisotopic (exact) mass is 295 g/mol. The summed E-state index contributed by atoms with van der Waals surface area (Å²) in [7, 11) is -2.74. The summed E-state index contributed by atoms with van der Waals surface area (Å²) in [5, 5.41) is 0.113. The molecule has 1 unspecified atom stereocenters. The first-order valence-electron chi connectivity index (χ1n) is 4.23. The zero-order valence-corrected chi connectivity index (χ0v) is 11.1. The molecule has 1 aromatic carbocycles. The van der Waals surface area contributed by atoms with Gasteiger partial charge in [-0.2, -0.15) is 0 Å². The van der Waals surface area contributed by atoms with E-state index in [0.717, 1.165) is 0 Å². The first kappa shape index (κ1) is 13.8. The van der Waals surface area contributed by atoms with Crippen molar-refractivity contribution in [3.05, 3.63) is 48.4 Å². The Bertz CT molecular complexity index is 398. The fourth-order valence-electron chi connectivity index (χ4n) is 1.04. The molecule has 0 aromatic heterocycles. The van der Waals surface area contributed by atoms with Crippen LogP contribution in [0, 0.1) is 6.42 Å². The standard InChI is InChI=1S/C10H7Cl3O2P/c11-10(12,13)7-6-9(16(14)15)8-4-2-1-3-5-8/h1-7H/q+1. The Morgan fingerprint density at radius 3 is 2.31 bits per heavy atom. The lowest BCUT2D eigenvalue weighted by molar-refractivity contribution is -0.160. The molecule has 1 atom stereocenters. The molecular weight excluding hydrogens is 289 g/mol. The normalized spacial score (nSPS) is 13.5. The molecule has 0 fully saturated rings. The molecule has 1 rings (SSSR count). The highest BCUT2D eigenvalue weighted by Crippen LogP contribution is 2.37. The van der Waals surface area contributed by atoms with Crippen molar-refractivity contribution in [2.24, 2.45) is 0 Å². The van der Waals surface area contributed by atoms with Gasteiger partial charge >= 0.3 is 13.3 Å². The first-order chi connectivity index (χ1) is 7.40. The maximum absolute atomic E-state index is 11.0. The Balaban J connectivity index is 2.97. The van der Waals surface area contributed by atoms with E-state index < -0.39 is 11.8 Å². The Hall–Kier alpha value is -0.240. The molecule has 0 aliphatic rings. The molecule has 0 aliphatic heterocycles. The van der Waals surface area contributed by atoms with E-state index >= 15 is 0 Å². The number of benzene rings is 1. The third-order valence-corrected chi connectivity index (χ3v) is 2.88. The minimum atomic E-state index is -2.74. The summed E-state index contributed by atoms with van der Waals surface area (Å²) in [6.45, 7) is 0. The van der Waals surface area contributed by atoms with Gasteiger partial charge in [-0.05, 0) is 16.7 Å². The van der Waals surface area contributed by atoms with Gasteiger partial charge in [-0.3, -0.25) is 0 Å². The number of rotatable bonds is 3. The van der Waals surface area contributed by atoms with Gasteiger partial charge in [0, 0.05) is 0 Å². The third-order valence-electron chi connectivity index (χ3n) is 1.70. The van der Waals surface area contributed by atoms with Crippen LogP contribution in [0.15, 0.2) is 36.4 Å². The molecule has 84 valence electrons. The van der Waals surface area contributed by atoms with Crippen molar-refractivity contribution >= 4 is 48.1 Å². The van der Waals surface area contributed by atoms with E-state index in [-0.39, 0.29) is 5.31 Å². The molecular formula is C10H7Cl3O2P+. The molecule has 0 bridgehead atoms. The maximum atomic E-state index is 11.0. The first-order valence-corrected chi connectivity index (χ1v) is 6.54.